The van der Waals surface area contributed by atoms with Crippen LogP contribution in [0.15, 0.2) is 84.9 Å². The molecule has 0 bridgehead atoms. The Hall–Kier alpha value is -3.49. The third kappa shape index (κ3) is 23.2. The first-order chi connectivity index (χ1) is 27.6. The van der Waals surface area contributed by atoms with E-state index in [0.29, 0.717) is 24.2 Å². The van der Waals surface area contributed by atoms with Crippen LogP contribution in [0.1, 0.15) is 144 Å². The third-order valence-corrected chi connectivity index (χ3v) is 9.76. The van der Waals surface area contributed by atoms with Crippen LogP contribution < -0.4 is 0 Å². The monoisotopic (exact) mass is 854 g/mol. The van der Waals surface area contributed by atoms with E-state index in [2.05, 4.69) is 39.8 Å². The van der Waals surface area contributed by atoms with Crippen molar-refractivity contribution in [1.82, 2.24) is 9.80 Å². The smallest absolute Gasteiger partial charge is 0.349 e. The fraction of sp³-hybridized carbons (Fsp3) is 0.520. The minimum absolute atomic E-state index is 0. The minimum Gasteiger partial charge on any atom is -0.349 e. The molecule has 0 unspecified atom stereocenters. The fourth-order valence-corrected chi connectivity index (χ4v) is 6.53. The van der Waals surface area contributed by atoms with Gasteiger partial charge in [-0.2, -0.15) is 48.5 Å². The van der Waals surface area contributed by atoms with E-state index in [4.69, 9.17) is 0 Å². The molecule has 0 N–H and O–H groups in total. The van der Waals surface area contributed by atoms with E-state index in [0.717, 1.165) is 77.0 Å². The van der Waals surface area contributed by atoms with Gasteiger partial charge in [-0.25, -0.2) is 41.8 Å². The molecule has 9 heteroatoms. The summed E-state index contributed by atoms with van der Waals surface area (Å²) in [7, 11) is 0. The van der Waals surface area contributed by atoms with Crippen molar-refractivity contribution in [2.45, 2.75) is 146 Å². The van der Waals surface area contributed by atoms with Crippen LogP contribution >= 0.6 is 0 Å². The number of carbonyl (C=O) groups excluding carboxylic acids is 2. The van der Waals surface area contributed by atoms with Crippen molar-refractivity contribution in [1.29, 1.82) is 0 Å². The zero-order chi connectivity index (χ0) is 43.4. The molecule has 0 saturated carbocycles. The maximum absolute atomic E-state index is 13.9. The summed E-state index contributed by atoms with van der Waals surface area (Å²) >= 11 is 0. The van der Waals surface area contributed by atoms with Crippen molar-refractivity contribution in [2.75, 3.05) is 13.1 Å². The Morgan fingerprint density at radius 2 is 0.881 bits per heavy atom. The molecule has 4 aromatic rings. The van der Waals surface area contributed by atoms with Crippen molar-refractivity contribution in [3.05, 3.63) is 131 Å². The second-order valence-corrected chi connectivity index (χ2v) is 16.1. The second kappa shape index (κ2) is 31.4. The van der Waals surface area contributed by atoms with Gasteiger partial charge in [-0.15, -0.1) is 35.4 Å². The van der Waals surface area contributed by atoms with Crippen molar-refractivity contribution < 1.29 is 48.9 Å². The molecule has 0 saturated heterocycles. The minimum atomic E-state index is -0.719. The number of rotatable bonds is 20. The summed E-state index contributed by atoms with van der Waals surface area (Å²) in [4.78, 5) is 29.3. The van der Waals surface area contributed by atoms with Gasteiger partial charge >= 0.3 is 21.7 Å². The van der Waals surface area contributed by atoms with Gasteiger partial charge in [0, 0.05) is 60.3 Å². The van der Waals surface area contributed by atoms with E-state index in [1.54, 1.807) is 9.80 Å². The number of hydrogen-bond donors (Lipinski definition) is 0. The van der Waals surface area contributed by atoms with Crippen LogP contribution in [0.5, 0.6) is 0 Å². The fourth-order valence-electron chi connectivity index (χ4n) is 6.53. The zero-order valence-corrected chi connectivity index (χ0v) is 38.7. The first-order valence-electron chi connectivity index (χ1n) is 21.3. The van der Waals surface area contributed by atoms with E-state index in [1.165, 1.54) is 24.3 Å². The Labute approximate surface area is 369 Å². The summed E-state index contributed by atoms with van der Waals surface area (Å²) in [5.41, 5.74) is -0.320. The van der Waals surface area contributed by atoms with Crippen molar-refractivity contribution in [2.24, 2.45) is 10.8 Å². The molecule has 0 aliphatic heterocycles. The molecule has 59 heavy (non-hydrogen) atoms. The van der Waals surface area contributed by atoms with Gasteiger partial charge in [0.2, 0.25) is 11.8 Å². The molecule has 4 aromatic carbocycles. The summed E-state index contributed by atoms with van der Waals surface area (Å²) < 4.78 is 53.9. The molecular formula is C50H70F4N2O2Ti. The average Bonchev–Trinajstić information content (AvgIpc) is 3.97. The zero-order valence-electron chi connectivity index (χ0n) is 37.1. The van der Waals surface area contributed by atoms with Gasteiger partial charge in [-0.1, -0.05) is 107 Å². The second-order valence-electron chi connectivity index (χ2n) is 16.1. The van der Waals surface area contributed by atoms with Crippen LogP contribution in [0.3, 0.4) is 0 Å². The van der Waals surface area contributed by atoms with E-state index >= 15 is 0 Å². The summed E-state index contributed by atoms with van der Waals surface area (Å²) in [6.07, 6.45) is 11.8. The SMILES string of the molecule is CCCCCCN(Cc1ccc(F)[c-]c1F)C(=O)C(C)(C)CCC.CCCCCCN(Cc1ccc(F)[c-]c1F)C(=O)C(C)(C)CCC.[Ti+4].c1cc[cH-]c1.c1cc[cH-]c1. The van der Waals surface area contributed by atoms with Gasteiger partial charge in [0.25, 0.3) is 0 Å². The maximum atomic E-state index is 13.9. The summed E-state index contributed by atoms with van der Waals surface area (Å²) in [6.45, 7) is 17.7. The van der Waals surface area contributed by atoms with Crippen LogP contribution in [-0.4, -0.2) is 34.7 Å². The van der Waals surface area contributed by atoms with Crippen LogP contribution in [0.4, 0.5) is 17.6 Å². The predicted octanol–water partition coefficient (Wildman–Crippen LogP) is 13.8. The first kappa shape index (κ1) is 55.5. The topological polar surface area (TPSA) is 40.6 Å². The van der Waals surface area contributed by atoms with E-state index in [1.807, 2.05) is 88.4 Å². The van der Waals surface area contributed by atoms with Crippen LogP contribution in [0, 0.1) is 46.2 Å². The van der Waals surface area contributed by atoms with Gasteiger partial charge in [0.05, 0.1) is 0 Å². The normalized spacial score (nSPS) is 10.8. The molecule has 2 amide bonds. The Bertz CT molecular complexity index is 1480. The summed E-state index contributed by atoms with van der Waals surface area (Å²) in [6, 6.07) is 29.3. The number of unbranched alkanes of at least 4 members (excludes halogenated alkanes) is 6. The molecule has 324 valence electrons. The number of nitrogens with zero attached hydrogens (tertiary/aromatic N) is 2. The number of benzene rings is 2. The molecule has 0 atom stereocenters. The molecular weight excluding hydrogens is 784 g/mol. The maximum Gasteiger partial charge on any atom is 4.00 e. The molecule has 4 nitrogen and oxygen atoms in total. The van der Waals surface area contributed by atoms with Crippen LogP contribution in [-0.2, 0) is 44.4 Å². The first-order valence-corrected chi connectivity index (χ1v) is 21.3. The molecule has 0 fully saturated rings. The van der Waals surface area contributed by atoms with E-state index in [-0.39, 0.29) is 46.6 Å². The van der Waals surface area contributed by atoms with Crippen molar-refractivity contribution in [3.8, 4) is 0 Å². The van der Waals surface area contributed by atoms with Gasteiger partial charge in [0.1, 0.15) is 0 Å². The predicted molar refractivity (Wildman–Crippen MR) is 231 cm³/mol. The number of carbonyl (C=O) groups is 2. The molecule has 0 radical (unpaired) electrons. The molecule has 0 aliphatic carbocycles. The van der Waals surface area contributed by atoms with Crippen molar-refractivity contribution in [3.63, 3.8) is 0 Å². The van der Waals surface area contributed by atoms with Gasteiger partial charge in [-0.05, 0) is 25.7 Å². The van der Waals surface area contributed by atoms with Gasteiger partial charge < -0.3 is 9.80 Å². The molecule has 0 heterocycles. The number of amides is 2. The average molecular weight is 855 g/mol. The van der Waals surface area contributed by atoms with E-state index in [9.17, 15) is 27.2 Å². The van der Waals surface area contributed by atoms with Crippen molar-refractivity contribution >= 4 is 11.8 Å². The molecule has 0 spiro atoms. The Morgan fingerprint density at radius 3 is 1.14 bits per heavy atom. The Morgan fingerprint density at radius 1 is 0.542 bits per heavy atom. The number of halogens is 4. The van der Waals surface area contributed by atoms with Crippen LogP contribution in [0.2, 0.25) is 0 Å². The Kier molecular flexibility index (Phi) is 29.5. The van der Waals surface area contributed by atoms with E-state index < -0.39 is 34.1 Å². The molecule has 0 aliphatic rings. The van der Waals surface area contributed by atoms with Crippen LogP contribution in [0.25, 0.3) is 0 Å². The number of hydrogen-bond acceptors (Lipinski definition) is 2. The standard InChI is InChI=1S/2C20H30F2NO.2C5H5.Ti/c2*1-5-7-8-9-13-23(19(24)20(3,4)12-6-2)15-16-10-11-17(21)14-18(16)22;2*1-2-4-5-3-1;/h2*10-11H,5-9,12-13,15H2,1-4H3;2*1-5H;/q4*-1;+4. The van der Waals surface area contributed by atoms with Gasteiger partial charge in [0.15, 0.2) is 0 Å². The molecule has 0 aromatic heterocycles. The Balaban J connectivity index is 0.000000903. The summed E-state index contributed by atoms with van der Waals surface area (Å²) in [5.74, 6) is -2.80. The van der Waals surface area contributed by atoms with Gasteiger partial charge in [-0.3, -0.25) is 9.59 Å². The quantitative estimate of drug-likeness (QED) is 0.0385. The molecule has 4 rings (SSSR count). The summed E-state index contributed by atoms with van der Waals surface area (Å²) in [5, 5.41) is 0. The largest absolute Gasteiger partial charge is 4.00 e. The third-order valence-electron chi connectivity index (χ3n) is 9.76.